The van der Waals surface area contributed by atoms with Crippen molar-refractivity contribution < 1.29 is 9.59 Å². The Labute approximate surface area is 91.3 Å². The third-order valence-electron chi connectivity index (χ3n) is 2.29. The van der Waals surface area contributed by atoms with E-state index in [4.69, 9.17) is 11.5 Å². The van der Waals surface area contributed by atoms with Gasteiger partial charge in [-0.1, -0.05) is 0 Å². The lowest BCUT2D eigenvalue weighted by molar-refractivity contribution is -0.114. The molecular weight excluding hydrogens is 208 g/mol. The predicted octanol–water partition coefficient (Wildman–Crippen LogP) is -0.525. The summed E-state index contributed by atoms with van der Waals surface area (Å²) in [4.78, 5) is 26.0. The van der Waals surface area contributed by atoms with Crippen LogP contribution in [-0.4, -0.2) is 23.3 Å². The van der Waals surface area contributed by atoms with Crippen molar-refractivity contribution in [2.75, 3.05) is 11.9 Å². The summed E-state index contributed by atoms with van der Waals surface area (Å²) in [6.07, 6.45) is 2.99. The van der Waals surface area contributed by atoms with E-state index in [1.807, 2.05) is 0 Å². The number of amides is 2. The molecule has 0 saturated carbocycles. The molecule has 2 heterocycles. The largest absolute Gasteiger partial charge is 0.366 e. The van der Waals surface area contributed by atoms with Crippen molar-refractivity contribution in [3.63, 3.8) is 0 Å². The van der Waals surface area contributed by atoms with Crippen LogP contribution in [0.2, 0.25) is 0 Å². The molecule has 16 heavy (non-hydrogen) atoms. The minimum Gasteiger partial charge on any atom is -0.366 e. The monoisotopic (exact) mass is 218 g/mol. The smallest absolute Gasteiger partial charge is 0.250 e. The van der Waals surface area contributed by atoms with Crippen LogP contribution in [0.4, 0.5) is 5.82 Å². The normalized spacial score (nSPS) is 13.4. The molecule has 0 aliphatic carbocycles. The van der Waals surface area contributed by atoms with Crippen molar-refractivity contribution in [3.05, 3.63) is 29.0 Å². The van der Waals surface area contributed by atoms with Gasteiger partial charge >= 0.3 is 0 Å². The summed E-state index contributed by atoms with van der Waals surface area (Å²) in [7, 11) is 0. The Morgan fingerprint density at radius 2 is 2.06 bits per heavy atom. The molecule has 0 unspecified atom stereocenters. The lowest BCUT2D eigenvalue weighted by Crippen LogP contribution is -2.23. The molecule has 5 N–H and O–H groups in total. The van der Waals surface area contributed by atoms with Crippen molar-refractivity contribution in [2.45, 2.75) is 0 Å². The number of nitrogens with zero attached hydrogens (tertiary/aromatic N) is 1. The molecule has 0 fully saturated rings. The van der Waals surface area contributed by atoms with Crippen LogP contribution in [0, 0.1) is 0 Å². The van der Waals surface area contributed by atoms with E-state index < -0.39 is 11.8 Å². The first-order valence-electron chi connectivity index (χ1n) is 4.62. The molecular formula is C10H10N4O2. The summed E-state index contributed by atoms with van der Waals surface area (Å²) in [5.41, 5.74) is 11.7. The third-order valence-corrected chi connectivity index (χ3v) is 2.29. The fraction of sp³-hybridized carbons (Fsp3) is 0.100. The Hall–Kier alpha value is -2.37. The van der Waals surface area contributed by atoms with E-state index in [2.05, 4.69) is 10.3 Å². The third kappa shape index (κ3) is 1.72. The number of carbonyl (C=O) groups excluding carboxylic acids is 2. The molecule has 0 bridgehead atoms. The van der Waals surface area contributed by atoms with Crippen LogP contribution >= 0.6 is 0 Å². The van der Waals surface area contributed by atoms with Crippen LogP contribution in [-0.2, 0) is 4.79 Å². The zero-order valence-corrected chi connectivity index (χ0v) is 8.36. The number of primary amides is 2. The molecule has 6 nitrogen and oxygen atoms in total. The highest BCUT2D eigenvalue weighted by Gasteiger charge is 2.15. The van der Waals surface area contributed by atoms with E-state index in [-0.39, 0.29) is 0 Å². The van der Waals surface area contributed by atoms with Gasteiger partial charge in [-0.2, -0.15) is 0 Å². The fourth-order valence-electron chi connectivity index (χ4n) is 1.45. The molecule has 1 aliphatic rings. The van der Waals surface area contributed by atoms with Crippen molar-refractivity contribution in [1.82, 2.24) is 4.98 Å². The van der Waals surface area contributed by atoms with Crippen LogP contribution < -0.4 is 16.8 Å². The van der Waals surface area contributed by atoms with Crippen LogP contribution in [0.5, 0.6) is 0 Å². The lowest BCUT2D eigenvalue weighted by Gasteiger charge is -2.16. The Balaban J connectivity index is 2.47. The molecule has 1 aromatic heterocycles. The summed E-state index contributed by atoms with van der Waals surface area (Å²) in [5.74, 6) is -0.451. The zero-order chi connectivity index (χ0) is 11.7. The highest BCUT2D eigenvalue weighted by atomic mass is 16.1. The van der Waals surface area contributed by atoms with Crippen molar-refractivity contribution in [1.29, 1.82) is 0 Å². The van der Waals surface area contributed by atoms with Crippen LogP contribution in [0.25, 0.3) is 6.08 Å². The van der Waals surface area contributed by atoms with Gasteiger partial charge < -0.3 is 16.8 Å². The van der Waals surface area contributed by atoms with E-state index in [1.165, 1.54) is 6.20 Å². The van der Waals surface area contributed by atoms with Crippen LogP contribution in [0.3, 0.4) is 0 Å². The van der Waals surface area contributed by atoms with Crippen molar-refractivity contribution >= 4 is 23.7 Å². The number of nitrogens with one attached hydrogen (secondary N) is 1. The van der Waals surface area contributed by atoms with Gasteiger partial charge in [-0.05, 0) is 12.1 Å². The van der Waals surface area contributed by atoms with E-state index in [0.717, 1.165) is 0 Å². The topological polar surface area (TPSA) is 111 Å². The zero-order valence-electron chi connectivity index (χ0n) is 8.36. The minimum atomic E-state index is -0.560. The number of carbonyl (C=O) groups is 2. The van der Waals surface area contributed by atoms with Crippen molar-refractivity contribution in [3.8, 4) is 0 Å². The number of rotatable bonds is 2. The van der Waals surface area contributed by atoms with E-state index in [0.29, 0.717) is 29.1 Å². The molecule has 6 heteroatoms. The molecule has 0 saturated heterocycles. The highest BCUT2D eigenvalue weighted by Crippen LogP contribution is 2.21. The number of fused-ring (bicyclic) bond motifs is 1. The molecule has 1 aromatic rings. The maximum Gasteiger partial charge on any atom is 0.250 e. The molecule has 0 atom stereocenters. The molecule has 2 amide bonds. The Morgan fingerprint density at radius 3 is 2.69 bits per heavy atom. The molecule has 0 spiro atoms. The number of hydrogen-bond acceptors (Lipinski definition) is 4. The van der Waals surface area contributed by atoms with Crippen LogP contribution in [0.15, 0.2) is 17.8 Å². The number of anilines is 1. The van der Waals surface area contributed by atoms with Gasteiger partial charge in [0.25, 0.3) is 0 Å². The van der Waals surface area contributed by atoms with Crippen molar-refractivity contribution in [2.24, 2.45) is 11.5 Å². The first-order valence-corrected chi connectivity index (χ1v) is 4.62. The maximum atomic E-state index is 11.0. The van der Waals surface area contributed by atoms with Gasteiger partial charge in [-0.25, -0.2) is 4.98 Å². The summed E-state index contributed by atoms with van der Waals surface area (Å²) in [6.45, 7) is 0.339. The first-order chi connectivity index (χ1) is 7.58. The Kier molecular flexibility index (Phi) is 2.32. The second-order valence-electron chi connectivity index (χ2n) is 3.41. The van der Waals surface area contributed by atoms with E-state index in [9.17, 15) is 9.59 Å². The molecule has 0 aromatic carbocycles. The average Bonchev–Trinajstić information content (AvgIpc) is 2.27. The summed E-state index contributed by atoms with van der Waals surface area (Å²) in [5, 5.41) is 2.93. The molecule has 82 valence electrons. The van der Waals surface area contributed by atoms with Gasteiger partial charge in [0, 0.05) is 23.9 Å². The summed E-state index contributed by atoms with van der Waals surface area (Å²) >= 11 is 0. The highest BCUT2D eigenvalue weighted by molar-refractivity contribution is 6.00. The van der Waals surface area contributed by atoms with Crippen LogP contribution in [0.1, 0.15) is 15.9 Å². The first kappa shape index (κ1) is 10.2. The number of pyridine rings is 1. The number of nitrogens with two attached hydrogens (primary N) is 2. The van der Waals surface area contributed by atoms with E-state index in [1.54, 1.807) is 12.1 Å². The predicted molar refractivity (Wildman–Crippen MR) is 58.4 cm³/mol. The van der Waals surface area contributed by atoms with Gasteiger partial charge in [0.15, 0.2) is 0 Å². The SMILES string of the molecule is NC(=O)C1=Cc2cc(C(N)=O)cnc2NC1. The van der Waals surface area contributed by atoms with Gasteiger partial charge in [0.2, 0.25) is 11.8 Å². The minimum absolute atomic E-state index is 0.294. The second-order valence-corrected chi connectivity index (χ2v) is 3.41. The van der Waals surface area contributed by atoms with Gasteiger partial charge in [0.1, 0.15) is 5.82 Å². The molecule has 0 radical (unpaired) electrons. The van der Waals surface area contributed by atoms with Gasteiger partial charge in [0.05, 0.1) is 5.56 Å². The summed E-state index contributed by atoms with van der Waals surface area (Å²) in [6, 6.07) is 1.57. The standard InChI is InChI=1S/C10H10N4O2/c11-8(15)6-1-5-2-7(9(12)16)4-14-10(5)13-3-6/h1-3H,4H2,(H2,11,15)(H2,12,16)(H,13,14). The Morgan fingerprint density at radius 1 is 1.31 bits per heavy atom. The number of hydrogen-bond donors (Lipinski definition) is 3. The molecule has 1 aliphatic heterocycles. The fourth-order valence-corrected chi connectivity index (χ4v) is 1.45. The second kappa shape index (κ2) is 3.65. The average molecular weight is 218 g/mol. The Bertz CT molecular complexity index is 508. The maximum absolute atomic E-state index is 11.0. The lowest BCUT2D eigenvalue weighted by atomic mass is 10.1. The van der Waals surface area contributed by atoms with E-state index >= 15 is 0 Å². The van der Waals surface area contributed by atoms with Gasteiger partial charge in [-0.3, -0.25) is 9.59 Å². The number of aromatic nitrogens is 1. The summed E-state index contributed by atoms with van der Waals surface area (Å²) < 4.78 is 0. The molecule has 2 rings (SSSR count). The quantitative estimate of drug-likeness (QED) is 0.619. The van der Waals surface area contributed by atoms with Gasteiger partial charge in [-0.15, -0.1) is 0 Å².